The van der Waals surface area contributed by atoms with Crippen molar-refractivity contribution in [3.63, 3.8) is 0 Å². The number of aromatic nitrogens is 1. The number of hydrogen-bond donors (Lipinski definition) is 1. The quantitative estimate of drug-likeness (QED) is 0.907. The number of carbonyl (C=O) groups excluding carboxylic acids is 1. The molecule has 2 atom stereocenters. The van der Waals surface area contributed by atoms with E-state index in [0.29, 0.717) is 12.6 Å². The smallest absolute Gasteiger partial charge is 0.317 e. The Morgan fingerprint density at radius 1 is 1.60 bits per heavy atom. The first-order valence-corrected chi connectivity index (χ1v) is 9.05. The molecule has 0 saturated heterocycles. The fourth-order valence-corrected chi connectivity index (χ4v) is 4.29. The van der Waals surface area contributed by atoms with Gasteiger partial charge in [0.1, 0.15) is 0 Å². The number of nitrogens with zero attached hydrogens (tertiary/aromatic N) is 2. The zero-order valence-corrected chi connectivity index (χ0v) is 14.0. The Labute approximate surface area is 129 Å². The summed E-state index contributed by atoms with van der Waals surface area (Å²) in [6.07, 6.45) is 3.43. The molecule has 1 heterocycles. The highest BCUT2D eigenvalue weighted by Crippen LogP contribution is 2.29. The van der Waals surface area contributed by atoms with Crippen LogP contribution in [0.25, 0.3) is 0 Å². The summed E-state index contributed by atoms with van der Waals surface area (Å²) < 4.78 is 0. The van der Waals surface area contributed by atoms with Crippen LogP contribution in [0.2, 0.25) is 0 Å². The number of thioether (sulfide) groups is 1. The molecule has 2 rings (SSSR count). The van der Waals surface area contributed by atoms with E-state index in [0.717, 1.165) is 34.5 Å². The molecule has 1 aromatic rings. The first-order chi connectivity index (χ1) is 9.58. The van der Waals surface area contributed by atoms with Gasteiger partial charge in [0.05, 0.1) is 17.2 Å². The van der Waals surface area contributed by atoms with Crippen molar-refractivity contribution in [3.05, 3.63) is 16.1 Å². The highest BCUT2D eigenvalue weighted by molar-refractivity contribution is 7.99. The summed E-state index contributed by atoms with van der Waals surface area (Å²) in [5, 5.41) is 6.92. The van der Waals surface area contributed by atoms with Crippen LogP contribution in [0, 0.1) is 6.92 Å². The van der Waals surface area contributed by atoms with Crippen LogP contribution in [-0.4, -0.2) is 40.0 Å². The summed E-state index contributed by atoms with van der Waals surface area (Å²) >= 11 is 3.63. The largest absolute Gasteiger partial charge is 0.335 e. The molecular weight excluding hydrogens is 290 g/mol. The summed E-state index contributed by atoms with van der Waals surface area (Å²) in [5.41, 5.74) is 0.969. The molecule has 0 radical (unpaired) electrons. The van der Waals surface area contributed by atoms with Crippen LogP contribution in [0.5, 0.6) is 0 Å². The van der Waals surface area contributed by atoms with E-state index >= 15 is 0 Å². The van der Waals surface area contributed by atoms with Gasteiger partial charge in [-0.1, -0.05) is 6.92 Å². The lowest BCUT2D eigenvalue weighted by atomic mass is 10.2. The van der Waals surface area contributed by atoms with Gasteiger partial charge in [0.15, 0.2) is 0 Å². The zero-order chi connectivity index (χ0) is 14.5. The van der Waals surface area contributed by atoms with Gasteiger partial charge < -0.3 is 10.2 Å². The van der Waals surface area contributed by atoms with Crippen molar-refractivity contribution in [1.29, 1.82) is 0 Å². The number of amides is 2. The summed E-state index contributed by atoms with van der Waals surface area (Å²) in [7, 11) is 1.83. The Morgan fingerprint density at radius 2 is 2.40 bits per heavy atom. The van der Waals surface area contributed by atoms with Crippen molar-refractivity contribution in [2.75, 3.05) is 12.8 Å². The maximum Gasteiger partial charge on any atom is 0.317 e. The van der Waals surface area contributed by atoms with Crippen molar-refractivity contribution in [1.82, 2.24) is 15.2 Å². The number of aryl methyl sites for hydroxylation is 1. The third kappa shape index (κ3) is 4.38. The molecule has 0 aliphatic heterocycles. The molecule has 0 bridgehead atoms. The summed E-state index contributed by atoms with van der Waals surface area (Å²) in [6.45, 7) is 4.76. The van der Waals surface area contributed by atoms with Crippen LogP contribution >= 0.6 is 23.1 Å². The van der Waals surface area contributed by atoms with Gasteiger partial charge in [-0.2, -0.15) is 11.8 Å². The van der Waals surface area contributed by atoms with Crippen LogP contribution in [-0.2, 0) is 6.54 Å². The second kappa shape index (κ2) is 7.31. The van der Waals surface area contributed by atoms with E-state index in [4.69, 9.17) is 0 Å². The first-order valence-electron chi connectivity index (χ1n) is 7.12. The molecule has 1 saturated carbocycles. The van der Waals surface area contributed by atoms with Crippen molar-refractivity contribution < 1.29 is 4.79 Å². The molecule has 0 spiro atoms. The van der Waals surface area contributed by atoms with Crippen molar-refractivity contribution >= 4 is 29.1 Å². The number of urea groups is 1. The number of nitrogens with one attached hydrogen (secondary N) is 1. The second-order valence-corrected chi connectivity index (χ2v) is 7.89. The predicted molar refractivity (Wildman–Crippen MR) is 86.4 cm³/mol. The summed E-state index contributed by atoms with van der Waals surface area (Å²) in [4.78, 5) is 18.3. The predicted octanol–water partition coefficient (Wildman–Crippen LogP) is 3.27. The van der Waals surface area contributed by atoms with E-state index in [-0.39, 0.29) is 6.03 Å². The van der Waals surface area contributed by atoms with E-state index in [1.807, 2.05) is 31.1 Å². The number of hydrogen-bond acceptors (Lipinski definition) is 4. The van der Waals surface area contributed by atoms with Gasteiger partial charge in [0, 0.05) is 23.7 Å². The standard InChI is InChI=1S/C14H23N3OS2/c1-4-19-13-6-5-11(7-13)16-14(18)17(3)8-12-9-20-10(2)15-12/h9,11,13H,4-8H2,1-3H3,(H,16,18)/t11-,13+/m1/s1. The van der Waals surface area contributed by atoms with Gasteiger partial charge in [0.25, 0.3) is 0 Å². The van der Waals surface area contributed by atoms with E-state index in [1.54, 1.807) is 16.2 Å². The SMILES string of the molecule is CCS[C@H]1CC[C@@H](NC(=O)N(C)Cc2csc(C)n2)C1. The maximum atomic E-state index is 12.2. The Balaban J connectivity index is 1.77. The van der Waals surface area contributed by atoms with Crippen LogP contribution < -0.4 is 5.32 Å². The molecule has 1 aliphatic carbocycles. The topological polar surface area (TPSA) is 45.2 Å². The molecule has 20 heavy (non-hydrogen) atoms. The lowest BCUT2D eigenvalue weighted by Crippen LogP contribution is -2.41. The van der Waals surface area contributed by atoms with E-state index in [1.165, 1.54) is 6.42 Å². The second-order valence-electron chi connectivity index (χ2n) is 5.25. The molecule has 6 heteroatoms. The molecular formula is C14H23N3OS2. The third-order valence-corrected chi connectivity index (χ3v) is 5.58. The van der Waals surface area contributed by atoms with Gasteiger partial charge in [-0.05, 0) is 31.9 Å². The minimum absolute atomic E-state index is 0.0165. The number of rotatable bonds is 5. The van der Waals surface area contributed by atoms with Gasteiger partial charge in [-0.15, -0.1) is 11.3 Å². The van der Waals surface area contributed by atoms with E-state index in [2.05, 4.69) is 17.2 Å². The third-order valence-electron chi connectivity index (χ3n) is 3.53. The summed E-state index contributed by atoms with van der Waals surface area (Å²) in [6, 6.07) is 0.356. The fraction of sp³-hybridized carbons (Fsp3) is 0.714. The highest BCUT2D eigenvalue weighted by Gasteiger charge is 2.26. The molecule has 1 N–H and O–H groups in total. The molecule has 1 aliphatic rings. The van der Waals surface area contributed by atoms with Crippen LogP contribution in [0.4, 0.5) is 4.79 Å². The van der Waals surface area contributed by atoms with Gasteiger partial charge >= 0.3 is 6.03 Å². The van der Waals surface area contributed by atoms with E-state index < -0.39 is 0 Å². The lowest BCUT2D eigenvalue weighted by Gasteiger charge is -2.20. The Bertz CT molecular complexity index is 449. The molecule has 0 aromatic carbocycles. The van der Waals surface area contributed by atoms with Gasteiger partial charge in [-0.25, -0.2) is 9.78 Å². The zero-order valence-electron chi connectivity index (χ0n) is 12.4. The molecule has 2 amide bonds. The monoisotopic (exact) mass is 313 g/mol. The first kappa shape index (κ1) is 15.6. The number of carbonyl (C=O) groups is 1. The Kier molecular flexibility index (Phi) is 5.72. The van der Waals surface area contributed by atoms with Crippen molar-refractivity contribution in [2.24, 2.45) is 0 Å². The van der Waals surface area contributed by atoms with Gasteiger partial charge in [0.2, 0.25) is 0 Å². The van der Waals surface area contributed by atoms with Crippen molar-refractivity contribution in [2.45, 2.75) is 50.9 Å². The van der Waals surface area contributed by atoms with E-state index in [9.17, 15) is 4.79 Å². The molecule has 4 nitrogen and oxygen atoms in total. The minimum atomic E-state index is 0.0165. The Hall–Kier alpha value is -0.750. The molecule has 1 fully saturated rings. The average Bonchev–Trinajstić information content (AvgIpc) is 2.99. The summed E-state index contributed by atoms with van der Waals surface area (Å²) in [5.74, 6) is 1.16. The molecule has 0 unspecified atom stereocenters. The van der Waals surface area contributed by atoms with Crippen LogP contribution in [0.15, 0.2) is 5.38 Å². The molecule has 1 aromatic heterocycles. The normalized spacial score (nSPS) is 21.9. The highest BCUT2D eigenvalue weighted by atomic mass is 32.2. The lowest BCUT2D eigenvalue weighted by molar-refractivity contribution is 0.202. The maximum absolute atomic E-state index is 12.2. The number of thiazole rings is 1. The minimum Gasteiger partial charge on any atom is -0.335 e. The Morgan fingerprint density at radius 3 is 3.05 bits per heavy atom. The van der Waals surface area contributed by atoms with Crippen LogP contribution in [0.1, 0.15) is 36.9 Å². The van der Waals surface area contributed by atoms with Crippen molar-refractivity contribution in [3.8, 4) is 0 Å². The fourth-order valence-electron chi connectivity index (χ4n) is 2.54. The average molecular weight is 313 g/mol. The van der Waals surface area contributed by atoms with Crippen LogP contribution in [0.3, 0.4) is 0 Å². The van der Waals surface area contributed by atoms with Gasteiger partial charge in [-0.3, -0.25) is 0 Å². The molecule has 112 valence electrons.